The van der Waals surface area contributed by atoms with Gasteiger partial charge in [0.15, 0.2) is 6.61 Å². The number of nitrogens with one attached hydrogen (secondary N) is 1. The average molecular weight is 457 g/mol. The topological polar surface area (TPSA) is 93.5 Å². The molecule has 0 unspecified atom stereocenters. The number of carbonyl (C=O) groups excluding carboxylic acids is 2. The highest BCUT2D eigenvalue weighted by atomic mass is 35.5. The van der Waals surface area contributed by atoms with E-state index < -0.39 is 0 Å². The maximum absolute atomic E-state index is 12.4. The summed E-state index contributed by atoms with van der Waals surface area (Å²) in [6.45, 7) is 5.25. The maximum Gasteiger partial charge on any atom is 0.260 e. The number of hydrogen-bond acceptors (Lipinski definition) is 5. The van der Waals surface area contributed by atoms with Crippen LogP contribution in [0, 0.1) is 0 Å². The minimum Gasteiger partial charge on any atom is -0.482 e. The van der Waals surface area contributed by atoms with Crippen molar-refractivity contribution in [2.24, 2.45) is 0 Å². The van der Waals surface area contributed by atoms with Crippen LogP contribution in [0.1, 0.15) is 20.3 Å². The normalized spacial score (nSPS) is 10.7. The third-order valence-corrected chi connectivity index (χ3v) is 5.29. The first-order chi connectivity index (χ1) is 15.4. The molecule has 3 rings (SSSR count). The van der Waals surface area contributed by atoms with E-state index in [1.165, 1.54) is 6.20 Å². The first-order valence-corrected chi connectivity index (χ1v) is 10.8. The number of aromatic nitrogens is 2. The minimum atomic E-state index is -0.226. The van der Waals surface area contributed by atoms with Gasteiger partial charge in [0.05, 0.1) is 23.3 Å². The van der Waals surface area contributed by atoms with E-state index in [-0.39, 0.29) is 30.3 Å². The molecule has 0 saturated carbocycles. The summed E-state index contributed by atoms with van der Waals surface area (Å²) in [5.74, 6) is 0.0252. The summed E-state index contributed by atoms with van der Waals surface area (Å²) in [5, 5.41) is 7.76. The number of aryl methyl sites for hydroxylation is 1. The number of rotatable bonds is 9. The van der Waals surface area contributed by atoms with E-state index in [2.05, 4.69) is 10.4 Å². The molecule has 8 nitrogen and oxygen atoms in total. The molecule has 0 atom stereocenters. The number of benzene rings is 2. The molecule has 2 amide bonds. The first-order valence-electron chi connectivity index (χ1n) is 10.4. The largest absolute Gasteiger partial charge is 0.482 e. The molecule has 0 aliphatic rings. The monoisotopic (exact) mass is 456 g/mol. The van der Waals surface area contributed by atoms with Crippen LogP contribution >= 0.6 is 11.6 Å². The molecule has 0 radical (unpaired) electrons. The van der Waals surface area contributed by atoms with Gasteiger partial charge in [-0.25, -0.2) is 0 Å². The molecule has 3 aromatic rings. The molecule has 1 N–H and O–H groups in total. The number of para-hydroxylation sites is 1. The van der Waals surface area contributed by atoms with Gasteiger partial charge in [0.1, 0.15) is 5.75 Å². The lowest BCUT2D eigenvalue weighted by molar-refractivity contribution is -0.133. The number of nitrogens with zero attached hydrogens (tertiary/aromatic N) is 3. The number of ether oxygens (including phenoxy) is 1. The van der Waals surface area contributed by atoms with Gasteiger partial charge in [-0.2, -0.15) is 5.10 Å². The molecule has 0 fully saturated rings. The Bertz CT molecular complexity index is 1170. The third kappa shape index (κ3) is 5.64. The first kappa shape index (κ1) is 23.3. The van der Waals surface area contributed by atoms with Gasteiger partial charge in [-0.1, -0.05) is 23.7 Å². The van der Waals surface area contributed by atoms with Gasteiger partial charge in [0, 0.05) is 30.6 Å². The number of halogens is 1. The van der Waals surface area contributed by atoms with Gasteiger partial charge in [0.25, 0.3) is 5.91 Å². The fourth-order valence-electron chi connectivity index (χ4n) is 3.27. The van der Waals surface area contributed by atoms with Crippen LogP contribution in [0.2, 0.25) is 5.02 Å². The Kier molecular flexibility index (Phi) is 7.83. The molecule has 9 heteroatoms. The highest BCUT2D eigenvalue weighted by Gasteiger charge is 2.13. The summed E-state index contributed by atoms with van der Waals surface area (Å²) >= 11 is 6.25. The number of likely N-dealkylation sites (N-methyl/N-ethyl adjacent to an activating group) is 1. The molecule has 2 aromatic carbocycles. The number of fused-ring (bicyclic) bond motifs is 1. The zero-order valence-corrected chi connectivity index (χ0v) is 18.8. The van der Waals surface area contributed by atoms with Crippen molar-refractivity contribution in [1.82, 2.24) is 14.7 Å². The van der Waals surface area contributed by atoms with Crippen LogP contribution in [-0.2, 0) is 16.1 Å². The zero-order valence-electron chi connectivity index (χ0n) is 18.0. The lowest BCUT2D eigenvalue weighted by Crippen LogP contribution is -2.34. The van der Waals surface area contributed by atoms with Crippen molar-refractivity contribution in [3.05, 3.63) is 63.9 Å². The standard InChI is InChI=1S/C23H25ClN4O4/c1-3-27(4-2)23(31)15-32-21-10-9-16(13-18(21)24)26-22(30)11-12-28-19-8-6-5-7-17(19)20(29)14-25-28/h5-10,13-14H,3-4,11-12,15H2,1-2H3,(H,26,30). The SMILES string of the molecule is CCN(CC)C(=O)COc1ccc(NC(=O)CCn2ncc(=O)c3ccccc32)cc1Cl. The van der Waals surface area contributed by atoms with Crippen LogP contribution in [0.15, 0.2) is 53.5 Å². The number of anilines is 1. The van der Waals surface area contributed by atoms with Crippen molar-refractivity contribution >= 4 is 40.0 Å². The van der Waals surface area contributed by atoms with Crippen LogP contribution in [0.3, 0.4) is 0 Å². The summed E-state index contributed by atoms with van der Waals surface area (Å²) in [6.07, 6.45) is 1.41. The fraction of sp³-hybridized carbons (Fsp3) is 0.304. The Morgan fingerprint density at radius 2 is 1.91 bits per heavy atom. The van der Waals surface area contributed by atoms with E-state index in [9.17, 15) is 14.4 Å². The summed E-state index contributed by atoms with van der Waals surface area (Å²) in [4.78, 5) is 38.1. The lowest BCUT2D eigenvalue weighted by Gasteiger charge is -2.19. The van der Waals surface area contributed by atoms with Gasteiger partial charge in [-0.05, 0) is 44.2 Å². The second kappa shape index (κ2) is 10.8. The van der Waals surface area contributed by atoms with Gasteiger partial charge in [-0.15, -0.1) is 0 Å². The molecular weight excluding hydrogens is 432 g/mol. The van der Waals surface area contributed by atoms with Crippen molar-refractivity contribution in [2.75, 3.05) is 25.0 Å². The average Bonchev–Trinajstić information content (AvgIpc) is 2.79. The quantitative estimate of drug-likeness (QED) is 0.533. The van der Waals surface area contributed by atoms with Gasteiger partial charge >= 0.3 is 0 Å². The fourth-order valence-corrected chi connectivity index (χ4v) is 3.51. The van der Waals surface area contributed by atoms with Crippen LogP contribution in [0.5, 0.6) is 5.75 Å². The summed E-state index contributed by atoms with van der Waals surface area (Å²) in [7, 11) is 0. The van der Waals surface area contributed by atoms with Gasteiger partial charge < -0.3 is 15.0 Å². The molecule has 1 aromatic heterocycles. The summed E-state index contributed by atoms with van der Waals surface area (Å²) in [5.41, 5.74) is 1.04. The molecule has 0 aliphatic heterocycles. The molecule has 0 bridgehead atoms. The number of hydrogen-bond donors (Lipinski definition) is 1. The Morgan fingerprint density at radius 3 is 2.62 bits per heavy atom. The van der Waals surface area contributed by atoms with Crippen molar-refractivity contribution in [3.8, 4) is 5.75 Å². The Balaban J connectivity index is 1.58. The van der Waals surface area contributed by atoms with E-state index in [1.807, 2.05) is 19.9 Å². The zero-order chi connectivity index (χ0) is 23.1. The second-order valence-electron chi connectivity index (χ2n) is 7.05. The van der Waals surface area contributed by atoms with Crippen LogP contribution in [-0.4, -0.2) is 46.2 Å². The van der Waals surface area contributed by atoms with E-state index >= 15 is 0 Å². The van der Waals surface area contributed by atoms with Crippen LogP contribution in [0.25, 0.3) is 10.9 Å². The van der Waals surface area contributed by atoms with E-state index in [0.29, 0.717) is 47.0 Å². The highest BCUT2D eigenvalue weighted by molar-refractivity contribution is 6.32. The van der Waals surface area contributed by atoms with Crippen molar-refractivity contribution in [2.45, 2.75) is 26.8 Å². The van der Waals surface area contributed by atoms with Gasteiger partial charge in [0.2, 0.25) is 11.3 Å². The summed E-state index contributed by atoms with van der Waals surface area (Å²) in [6, 6.07) is 12.0. The van der Waals surface area contributed by atoms with Crippen molar-refractivity contribution in [1.29, 1.82) is 0 Å². The maximum atomic E-state index is 12.4. The third-order valence-electron chi connectivity index (χ3n) is 5.00. The lowest BCUT2D eigenvalue weighted by atomic mass is 10.2. The smallest absolute Gasteiger partial charge is 0.260 e. The molecule has 0 spiro atoms. The van der Waals surface area contributed by atoms with Gasteiger partial charge in [-0.3, -0.25) is 19.1 Å². The summed E-state index contributed by atoms with van der Waals surface area (Å²) < 4.78 is 7.16. The molecule has 168 valence electrons. The van der Waals surface area contributed by atoms with Crippen LogP contribution < -0.4 is 15.5 Å². The Morgan fingerprint density at radius 1 is 1.16 bits per heavy atom. The van der Waals surface area contributed by atoms with E-state index in [4.69, 9.17) is 16.3 Å². The Labute approximate surface area is 190 Å². The van der Waals surface area contributed by atoms with E-state index in [1.54, 1.807) is 46.0 Å². The molecule has 1 heterocycles. The predicted molar refractivity (Wildman–Crippen MR) is 124 cm³/mol. The Hall–Kier alpha value is -3.39. The second-order valence-corrected chi connectivity index (χ2v) is 7.45. The minimum absolute atomic E-state index is 0.104. The molecule has 0 saturated heterocycles. The highest BCUT2D eigenvalue weighted by Crippen LogP contribution is 2.28. The number of carbonyl (C=O) groups is 2. The predicted octanol–water partition coefficient (Wildman–Crippen LogP) is 3.33. The van der Waals surface area contributed by atoms with E-state index in [0.717, 1.165) is 0 Å². The molecule has 0 aliphatic carbocycles. The van der Waals surface area contributed by atoms with Crippen LogP contribution in [0.4, 0.5) is 5.69 Å². The number of amides is 2. The molecular formula is C23H25ClN4O4. The molecule has 32 heavy (non-hydrogen) atoms. The van der Waals surface area contributed by atoms with Crippen molar-refractivity contribution < 1.29 is 14.3 Å². The van der Waals surface area contributed by atoms with Crippen molar-refractivity contribution in [3.63, 3.8) is 0 Å².